The first-order valence-corrected chi connectivity index (χ1v) is 11.9. The molecule has 0 radical (unpaired) electrons. The zero-order chi connectivity index (χ0) is 24.1. The molecule has 34 heavy (non-hydrogen) atoms. The lowest BCUT2D eigenvalue weighted by molar-refractivity contribution is 0.0599. The number of fused-ring (bicyclic) bond motifs is 1. The van der Waals surface area contributed by atoms with Crippen molar-refractivity contribution in [3.63, 3.8) is 0 Å². The van der Waals surface area contributed by atoms with E-state index in [1.165, 1.54) is 18.2 Å². The number of nitrogens with one attached hydrogen (secondary N) is 1. The zero-order valence-corrected chi connectivity index (χ0v) is 20.5. The molecule has 1 unspecified atom stereocenters. The van der Waals surface area contributed by atoms with Gasteiger partial charge in [-0.15, -0.1) is 0 Å². The van der Waals surface area contributed by atoms with Gasteiger partial charge in [-0.2, -0.15) is 0 Å². The maximum atomic E-state index is 13.0. The molecule has 4 heteroatoms. The van der Waals surface area contributed by atoms with E-state index in [0.29, 0.717) is 5.56 Å². The second kappa shape index (κ2) is 10.4. The summed E-state index contributed by atoms with van der Waals surface area (Å²) < 4.78 is 5.26. The molecular weight excluding hydrogens is 420 g/mol. The van der Waals surface area contributed by atoms with Gasteiger partial charge in [-0.1, -0.05) is 84.9 Å². The van der Waals surface area contributed by atoms with Gasteiger partial charge in [0.15, 0.2) is 0 Å². The van der Waals surface area contributed by atoms with Crippen LogP contribution in [0.5, 0.6) is 0 Å². The fourth-order valence-electron chi connectivity index (χ4n) is 5.31. The van der Waals surface area contributed by atoms with Crippen LogP contribution in [-0.2, 0) is 16.6 Å². The number of methoxy groups -OCH3 is 1. The van der Waals surface area contributed by atoms with Crippen LogP contribution in [-0.4, -0.2) is 45.7 Å². The molecule has 0 aromatic heterocycles. The number of hydrogen-bond acceptors (Lipinski definition) is 4. The molecular formula is C30H34N2O2. The average molecular weight is 455 g/mol. The molecule has 0 fully saturated rings. The van der Waals surface area contributed by atoms with Gasteiger partial charge in [-0.25, -0.2) is 4.79 Å². The van der Waals surface area contributed by atoms with Crippen molar-refractivity contribution in [3.05, 3.63) is 112 Å². The van der Waals surface area contributed by atoms with Crippen molar-refractivity contribution < 1.29 is 9.53 Å². The Bertz CT molecular complexity index is 1110. The Hall–Kier alpha value is -3.21. The van der Waals surface area contributed by atoms with E-state index >= 15 is 0 Å². The minimum Gasteiger partial charge on any atom is -0.465 e. The van der Waals surface area contributed by atoms with Crippen LogP contribution in [0.15, 0.2) is 78.9 Å². The summed E-state index contributed by atoms with van der Waals surface area (Å²) in [5.41, 5.74) is 5.79. The molecule has 0 saturated carbocycles. The number of likely N-dealkylation sites (N-methyl/N-ethyl adjacent to an activating group) is 1. The van der Waals surface area contributed by atoms with Crippen LogP contribution in [0.2, 0.25) is 0 Å². The Labute approximate surface area is 203 Å². The number of benzene rings is 3. The van der Waals surface area contributed by atoms with Gasteiger partial charge in [0.2, 0.25) is 0 Å². The van der Waals surface area contributed by atoms with Crippen LogP contribution in [0.3, 0.4) is 0 Å². The Morgan fingerprint density at radius 1 is 0.971 bits per heavy atom. The number of nitrogens with zero attached hydrogens (tertiary/aromatic N) is 1. The third kappa shape index (κ3) is 4.31. The van der Waals surface area contributed by atoms with Gasteiger partial charge in [0.1, 0.15) is 0 Å². The molecule has 0 bridgehead atoms. The van der Waals surface area contributed by atoms with Gasteiger partial charge in [0.25, 0.3) is 0 Å². The first-order valence-electron chi connectivity index (χ1n) is 11.9. The average Bonchev–Trinajstić information content (AvgIpc) is 2.88. The van der Waals surface area contributed by atoms with Crippen LogP contribution in [0.1, 0.15) is 50.6 Å². The van der Waals surface area contributed by atoms with Gasteiger partial charge < -0.3 is 15.0 Å². The van der Waals surface area contributed by atoms with Gasteiger partial charge in [0.05, 0.1) is 18.1 Å². The second-order valence-electron chi connectivity index (χ2n) is 9.16. The normalized spacial score (nSPS) is 16.3. The van der Waals surface area contributed by atoms with Crippen LogP contribution in [0, 0.1) is 0 Å². The van der Waals surface area contributed by atoms with Gasteiger partial charge in [-0.3, -0.25) is 0 Å². The van der Waals surface area contributed by atoms with Gasteiger partial charge >= 0.3 is 5.97 Å². The molecule has 4 nitrogen and oxygen atoms in total. The second-order valence-corrected chi connectivity index (χ2v) is 9.16. The number of esters is 1. The molecule has 4 rings (SSSR count). The molecule has 1 atom stereocenters. The van der Waals surface area contributed by atoms with Crippen molar-refractivity contribution in [2.24, 2.45) is 0 Å². The molecule has 176 valence electrons. The minimum atomic E-state index is -0.413. The standard InChI is InChI=1S/C30H34N2O2/c1-31-28-26-18-17-22(12-11-21-32(2)3)27(29(33)34-4)25(26)19-20-30(28,23-13-7-5-8-14-23)24-15-9-6-10-16-24/h5-10,13-20,28,31H,11-12,21H2,1-4H3. The molecule has 0 aliphatic heterocycles. The SMILES string of the molecule is CNC1c2ccc(CCCN(C)C)c(C(=O)OC)c2C=CC1(c1ccccc1)c1ccccc1. The van der Waals surface area contributed by atoms with Gasteiger partial charge in [-0.05, 0) is 68.3 Å². The number of rotatable bonds is 8. The lowest BCUT2D eigenvalue weighted by Crippen LogP contribution is -2.42. The topological polar surface area (TPSA) is 41.6 Å². The highest BCUT2D eigenvalue weighted by atomic mass is 16.5. The fraction of sp³-hybridized carbons (Fsp3) is 0.300. The predicted molar refractivity (Wildman–Crippen MR) is 139 cm³/mol. The molecule has 1 aliphatic carbocycles. The van der Waals surface area contributed by atoms with Crippen molar-refractivity contribution in [3.8, 4) is 0 Å². The molecule has 3 aromatic carbocycles. The third-order valence-corrected chi connectivity index (χ3v) is 6.88. The summed E-state index contributed by atoms with van der Waals surface area (Å²) in [6, 6.07) is 25.4. The maximum Gasteiger partial charge on any atom is 0.338 e. The minimum absolute atomic E-state index is 0.0588. The lowest BCUT2D eigenvalue weighted by Gasteiger charge is -2.43. The number of aryl methyl sites for hydroxylation is 1. The van der Waals surface area contributed by atoms with Crippen molar-refractivity contribution in [1.29, 1.82) is 0 Å². The van der Waals surface area contributed by atoms with Crippen LogP contribution < -0.4 is 5.32 Å². The Balaban J connectivity index is 1.91. The summed E-state index contributed by atoms with van der Waals surface area (Å²) >= 11 is 0. The summed E-state index contributed by atoms with van der Waals surface area (Å²) in [6.45, 7) is 0.970. The van der Waals surface area contributed by atoms with E-state index in [9.17, 15) is 4.79 Å². The van der Waals surface area contributed by atoms with Crippen LogP contribution in [0.25, 0.3) is 6.08 Å². The Morgan fingerprint density at radius 3 is 2.12 bits per heavy atom. The molecule has 1 aliphatic rings. The number of hydrogen-bond donors (Lipinski definition) is 1. The number of ether oxygens (including phenoxy) is 1. The number of carbonyl (C=O) groups excluding carboxylic acids is 1. The molecule has 0 heterocycles. The molecule has 3 aromatic rings. The van der Waals surface area contributed by atoms with E-state index < -0.39 is 5.41 Å². The van der Waals surface area contributed by atoms with E-state index in [1.54, 1.807) is 0 Å². The number of carbonyl (C=O) groups is 1. The molecule has 0 amide bonds. The highest BCUT2D eigenvalue weighted by Crippen LogP contribution is 2.49. The van der Waals surface area contributed by atoms with Crippen molar-refractivity contribution in [2.45, 2.75) is 24.3 Å². The van der Waals surface area contributed by atoms with Crippen molar-refractivity contribution in [1.82, 2.24) is 10.2 Å². The summed E-state index contributed by atoms with van der Waals surface area (Å²) in [6.07, 6.45) is 6.20. The largest absolute Gasteiger partial charge is 0.465 e. The van der Waals surface area contributed by atoms with Crippen molar-refractivity contribution >= 4 is 12.0 Å². The molecule has 0 saturated heterocycles. The summed E-state index contributed by atoms with van der Waals surface area (Å²) in [7, 11) is 7.60. The first-order chi connectivity index (χ1) is 16.5. The van der Waals surface area contributed by atoms with E-state index in [1.807, 2.05) is 19.2 Å². The van der Waals surface area contributed by atoms with E-state index in [0.717, 1.165) is 36.1 Å². The predicted octanol–water partition coefficient (Wildman–Crippen LogP) is 5.24. The van der Waals surface area contributed by atoms with Crippen LogP contribution >= 0.6 is 0 Å². The third-order valence-electron chi connectivity index (χ3n) is 6.88. The van der Waals surface area contributed by atoms with Crippen LogP contribution in [0.4, 0.5) is 0 Å². The highest BCUT2D eigenvalue weighted by molar-refractivity contribution is 5.96. The van der Waals surface area contributed by atoms with Crippen molar-refractivity contribution in [2.75, 3.05) is 34.8 Å². The maximum absolute atomic E-state index is 13.0. The van der Waals surface area contributed by atoms with E-state index in [-0.39, 0.29) is 12.0 Å². The lowest BCUT2D eigenvalue weighted by atomic mass is 9.63. The van der Waals surface area contributed by atoms with E-state index in [2.05, 4.69) is 97.1 Å². The fourth-order valence-corrected chi connectivity index (χ4v) is 5.31. The summed E-state index contributed by atoms with van der Waals surface area (Å²) in [4.78, 5) is 15.2. The quantitative estimate of drug-likeness (QED) is 0.473. The van der Waals surface area contributed by atoms with E-state index in [4.69, 9.17) is 4.74 Å². The zero-order valence-electron chi connectivity index (χ0n) is 20.5. The monoisotopic (exact) mass is 454 g/mol. The molecule has 1 N–H and O–H groups in total. The summed E-state index contributed by atoms with van der Waals surface area (Å²) in [5.74, 6) is -0.275. The van der Waals surface area contributed by atoms with Gasteiger partial charge in [0, 0.05) is 6.04 Å². The first kappa shape index (κ1) is 23.9. The highest BCUT2D eigenvalue weighted by Gasteiger charge is 2.43. The Morgan fingerprint density at radius 2 is 1.59 bits per heavy atom. The Kier molecular flexibility index (Phi) is 7.30. The smallest absolute Gasteiger partial charge is 0.338 e. The molecule has 0 spiro atoms. The summed E-state index contributed by atoms with van der Waals surface area (Å²) in [5, 5.41) is 3.60.